The molecule has 0 N–H and O–H groups in total. The van der Waals surface area contributed by atoms with Crippen LogP contribution in [0.25, 0.3) is 0 Å². The van der Waals surface area contributed by atoms with Crippen LogP contribution in [-0.2, 0) is 70.3 Å². The van der Waals surface area contributed by atoms with Gasteiger partial charge >= 0.3 is 17.9 Å². The molecule has 0 spiro atoms. The third kappa shape index (κ3) is 105. The quantitative estimate of drug-likeness (QED) is 0.00500. The van der Waals surface area contributed by atoms with Gasteiger partial charge in [-0.1, -0.05) is 277 Å². The number of carbonyl (C=O) groups excluding carboxylic acids is 5. The molecule has 6 fully saturated rings. The van der Waals surface area contributed by atoms with Gasteiger partial charge in [-0.15, -0.1) is 0 Å². The predicted octanol–water partition coefficient (Wildman–Crippen LogP) is 25.7. The first kappa shape index (κ1) is 140. The van der Waals surface area contributed by atoms with Crippen LogP contribution in [0, 0.1) is 23.2 Å². The molecule has 3 aromatic carbocycles. The van der Waals surface area contributed by atoms with Crippen LogP contribution in [0.1, 0.15) is 313 Å². The third-order valence-corrected chi connectivity index (χ3v) is 32.7. The van der Waals surface area contributed by atoms with Gasteiger partial charge in [-0.3, -0.25) is 19.2 Å². The van der Waals surface area contributed by atoms with Gasteiger partial charge in [0, 0.05) is 87.3 Å². The van der Waals surface area contributed by atoms with Crippen molar-refractivity contribution < 1.29 is 85.8 Å². The highest BCUT2D eigenvalue weighted by Crippen LogP contribution is 2.42. The van der Waals surface area contributed by atoms with Crippen LogP contribution in [0.5, 0.6) is 5.75 Å². The van der Waals surface area contributed by atoms with E-state index in [2.05, 4.69) is 185 Å². The molecule has 5 atom stereocenters. The van der Waals surface area contributed by atoms with Crippen LogP contribution >= 0.6 is 190 Å². The summed E-state index contributed by atoms with van der Waals surface area (Å²) in [5.74, 6) is 16.5. The number of hydrogen-bond donors (Lipinski definition) is 10. The molecule has 0 aromatic heterocycles. The molecule has 2 bridgehead atoms. The van der Waals surface area contributed by atoms with Crippen molar-refractivity contribution in [2.75, 3.05) is 186 Å². The van der Waals surface area contributed by atoms with E-state index >= 15 is 0 Å². The van der Waals surface area contributed by atoms with E-state index in [0.717, 1.165) is 206 Å². The van der Waals surface area contributed by atoms with Crippen LogP contribution in [0.15, 0.2) is 109 Å². The van der Waals surface area contributed by atoms with Gasteiger partial charge in [0.1, 0.15) is 41.3 Å². The minimum Gasteiger partial charge on any atom is -1.00 e. The van der Waals surface area contributed by atoms with E-state index in [1.165, 1.54) is 308 Å². The Morgan fingerprint density at radius 2 is 0.876 bits per heavy atom. The summed E-state index contributed by atoms with van der Waals surface area (Å²) in [4.78, 5) is 59.7. The standard InChI is InChI=1S/C17H28O5S2.C13H18O2.C12H23NS3.C10H21NS3.C10H19NS.2C10H14.C6H15NS.C6H12S.C5H10OS.C4H8OS.2C4H10S.C3H8S.2BrH/c1-6-7-8-9-23-24-17-16(21-14(5)19)12(3)11(2)15(22-17)10-20-13(4)18;1-5-10-8-6-7-9-11(10)15-12(14)13(2,3)4;14-10-5-2-6-11-15-16-12-9-13-7-3-1-4-8-13;12-8-4-9-13-14-10-7-11-5-2-1-3-6-11;12-9-1-5-11-6-2-10(3-7-11)4-8-11;2*1-3-9-7-5-6-8-10(9)4-2;1-7(2,3)5-4-6-8;1-2-3-4-5-6-7;1-5(6)3-2-4-7;1-4(5)2-3-6;2*1-2-3-4-5;1-2-3-4;;/h7-8,11-12,15-17H,6,9-10H2,1-5H3;6-9H,5H2,1-4H3;2,6,14H,1,3-5,7-12H2;12H,1-10H2;10H,1-9H2;2*5-8H,3-4H2,1-2H3;4-6H2,1-3H3;3-4,7H,2,5-6H2,1H3;7H,2-4H2,1H3;6H,2-3H2,1H3;2*5H,2-4H2,1H3;4H,2-3H2,1H3;2*1H/b8-7-;;6-2-;;;;;;4-3-;;;;;;;/t11-,12-,15?,16?,17-;;;;;;;;;;;;;;;/m0.............../s1/i/hT10. The number of thiol groups is 10. The molecule has 2 unspecified atom stereocenters. The van der Waals surface area contributed by atoms with Crippen molar-refractivity contribution in [1.29, 1.82) is 11.2 Å². The zero-order chi connectivity index (χ0) is 116. The molecular formula is C114H212Br2N4O9S16. The van der Waals surface area contributed by atoms with E-state index in [4.69, 9.17) is 30.2 Å². The van der Waals surface area contributed by atoms with E-state index in [-0.39, 0.29) is 99.5 Å². The van der Waals surface area contributed by atoms with Crippen molar-refractivity contribution >= 4 is 220 Å². The second kappa shape index (κ2) is 117. The van der Waals surface area contributed by atoms with E-state index in [1.807, 2.05) is 102 Å². The summed E-state index contributed by atoms with van der Waals surface area (Å²) in [6.45, 7) is 51.8. The number of Topliss-reactive ketones (excluding diaryl/α,β-unsaturated/α-hetero) is 2. The topological polar surface area (TPSA) is 129 Å². The molecule has 852 valence electrons. The number of esters is 3. The number of likely N-dealkylation sites (tertiary alicyclic amines) is 2. The lowest BCUT2D eigenvalue weighted by atomic mass is 9.84. The Bertz CT molecular complexity index is 3540. The number of para-hydroxylation sites is 1. The summed E-state index contributed by atoms with van der Waals surface area (Å²) < 4.78 is 92.0. The van der Waals surface area contributed by atoms with Crippen molar-refractivity contribution in [2.45, 2.75) is 335 Å². The number of fused-ring (bicyclic) bond motifs is 3. The highest BCUT2D eigenvalue weighted by Gasteiger charge is 2.44. The second-order valence-electron chi connectivity index (χ2n) is 37.5. The maximum absolute atomic E-state index is 11.7. The first-order valence-electron chi connectivity index (χ1n) is 57.6. The Kier molecular flexibility index (Phi) is 113. The van der Waals surface area contributed by atoms with Gasteiger partial charge in [-0.05, 0) is 299 Å². The van der Waals surface area contributed by atoms with Crippen LogP contribution < -0.4 is 38.7 Å². The summed E-state index contributed by atoms with van der Waals surface area (Å²) >= 11 is 11.5. The normalized spacial score (nSPS) is 18.3. The van der Waals surface area contributed by atoms with Crippen molar-refractivity contribution in [3.63, 3.8) is 0 Å². The van der Waals surface area contributed by atoms with Crippen molar-refractivity contribution in [3.05, 3.63) is 137 Å². The van der Waals surface area contributed by atoms with Crippen LogP contribution in [0.4, 0.5) is 0 Å². The Balaban J connectivity index is -0.000000255. The fourth-order valence-corrected chi connectivity index (χ4v) is 22.2. The number of benzene rings is 3. The number of rotatable bonds is 58. The molecule has 0 radical (unpaired) electrons. The lowest BCUT2D eigenvalue weighted by Gasteiger charge is -2.49. The van der Waals surface area contributed by atoms with Gasteiger partial charge in [-0.25, -0.2) is 0 Å². The van der Waals surface area contributed by atoms with E-state index in [9.17, 15) is 24.0 Å². The molecule has 6 aliphatic heterocycles. The van der Waals surface area contributed by atoms with Crippen LogP contribution in [0.3, 0.4) is 0 Å². The molecule has 31 heteroatoms. The van der Waals surface area contributed by atoms with Gasteiger partial charge in [0.05, 0.1) is 65.4 Å². The number of allylic oxidation sites excluding steroid dienone is 4. The summed E-state index contributed by atoms with van der Waals surface area (Å²) in [5.41, 5.74) is 6.29. The van der Waals surface area contributed by atoms with E-state index < -0.39 is 5.41 Å². The maximum Gasteiger partial charge on any atom is 0.316 e. The maximum atomic E-state index is 11.7. The predicted molar refractivity (Wildman–Crippen MR) is 686 cm³/mol. The average Bonchev–Trinajstić information content (AvgIpc) is 0.805. The molecular weight excluding hydrogens is 2240 g/mol. The van der Waals surface area contributed by atoms with Gasteiger partial charge in [0.25, 0.3) is 0 Å². The molecule has 9 rings (SSSR count). The number of ketones is 2. The average molecular weight is 2480 g/mol. The Morgan fingerprint density at radius 3 is 1.28 bits per heavy atom. The fraction of sp³-hybridized carbons (Fsp3) is 0.746. The summed E-state index contributed by atoms with van der Waals surface area (Å²) in [5, 5.41) is 0. The minimum absolute atomic E-state index is 0. The summed E-state index contributed by atoms with van der Waals surface area (Å²) in [6.07, 6.45) is 46.5. The number of halogens is 2. The molecule has 0 amide bonds. The first-order chi connectivity index (χ1) is 73.5. The van der Waals surface area contributed by atoms with Gasteiger partial charge in [0.15, 0.2) is 5.44 Å². The number of aryl methyl sites for hydroxylation is 5. The number of piperidine rings is 5. The Morgan fingerprint density at radius 1 is 0.462 bits per heavy atom. The third-order valence-electron chi connectivity index (χ3n) is 22.8. The first-order valence-corrected chi connectivity index (χ1v) is 66.7. The molecule has 3 aromatic rings. The zero-order valence-electron chi connectivity index (χ0n) is 104. The largest absolute Gasteiger partial charge is 1.00 e. The minimum atomic E-state index is -0.457. The lowest BCUT2D eigenvalue weighted by molar-refractivity contribution is -0.942. The van der Waals surface area contributed by atoms with Crippen molar-refractivity contribution in [3.8, 4) is 5.75 Å². The van der Waals surface area contributed by atoms with Crippen molar-refractivity contribution in [1.82, 2.24) is 9.80 Å². The molecule has 145 heavy (non-hydrogen) atoms. The van der Waals surface area contributed by atoms with E-state index in [0.29, 0.717) is 24.3 Å². The molecule has 6 aliphatic rings. The van der Waals surface area contributed by atoms with Crippen molar-refractivity contribution in [2.24, 2.45) is 23.2 Å². The highest BCUT2D eigenvalue weighted by atomic mass is 79.9. The molecule has 0 saturated carbocycles. The van der Waals surface area contributed by atoms with Gasteiger partial charge in [0.2, 0.25) is 0 Å². The second-order valence-corrected chi connectivity index (χ2v) is 49.4. The number of unbranched alkanes of at least 4 members (excludes halogenated alkanes) is 2. The monoisotopic (exact) mass is 2470 g/mol. The highest BCUT2D eigenvalue weighted by molar-refractivity contribution is 8.77. The van der Waals surface area contributed by atoms with Crippen LogP contribution in [-0.4, -0.2) is 263 Å². The Hall–Kier alpha value is 0.990. The summed E-state index contributed by atoms with van der Waals surface area (Å²) in [7, 11) is 17.7. The number of carbonyl (C=O) groups is 5. The zero-order valence-corrected chi connectivity index (χ0v) is 110. The van der Waals surface area contributed by atoms with Gasteiger partial charge < -0.3 is 76.5 Å². The smallest absolute Gasteiger partial charge is 0.316 e. The SMILES string of the molecule is CC/C=C\CSS[C@@H]1OC(COC(C)=O)[C@@H](C)[C@H](C)C1OC(C)=O.CCc1ccccc1CC.CCc1ccccc1CC.CCc1ccccc1OC(=O)C(C)(C)C.[3H]SCC/C=C\CC.[3H]SCC/C=C\CSSCCN1CCCCC1.[3H]SCCC.[3H]SCCC(C)=O.[3H]SCCCC.[3H]SCCCC.[3H]SCCCC(C)=O.[3H]SCCCSSCCN1CCCCC1.[3H]SCCC[N+](C)(C)C.[3H]SCCC[N+]12CCC(CC1)CC2.[Br-].[Br-]. The molecule has 0 aliphatic carbocycles. The Labute approximate surface area is 1000 Å². The van der Waals surface area contributed by atoms with Crippen LogP contribution in [0.2, 0.25) is 0 Å². The van der Waals surface area contributed by atoms with E-state index in [1.54, 1.807) is 28.5 Å². The molecule has 6 saturated heterocycles. The number of quaternary nitrogens is 2. The number of ether oxygens (including phenoxy) is 4. The lowest BCUT2D eigenvalue weighted by Crippen LogP contribution is -3.00. The fourth-order valence-electron chi connectivity index (χ4n) is 14.0. The van der Waals surface area contributed by atoms with Gasteiger partial charge in [-0.2, -0.15) is 125 Å². The molecule has 6 heterocycles. The number of hydrogen-bond acceptors (Lipinski definition) is 27. The summed E-state index contributed by atoms with van der Waals surface area (Å²) in [6, 6.07) is 24.9. The number of nitrogens with zero attached hydrogens (tertiary/aromatic N) is 4. The molecule has 13 nitrogen and oxygen atoms in total.